The SMILES string of the molecule is NCCCC[C@@H](N)C(=O)N[C@@H](Cc1ccc2ccccc2c1)C(=O)N[C@@H](Cc1ccccc1)C(=O)N[C@@H](CC(=O)O)C(=O)O. The van der Waals surface area contributed by atoms with Gasteiger partial charge in [-0.3, -0.25) is 19.2 Å². The van der Waals surface area contributed by atoms with Crippen molar-refractivity contribution in [3.8, 4) is 0 Å². The molecule has 0 saturated heterocycles. The lowest BCUT2D eigenvalue weighted by Crippen LogP contribution is -2.58. The average Bonchev–Trinajstić information content (AvgIpc) is 3.00. The maximum absolute atomic E-state index is 13.8. The van der Waals surface area contributed by atoms with Gasteiger partial charge < -0.3 is 37.6 Å². The Morgan fingerprint density at radius 2 is 1.23 bits per heavy atom. The normalized spacial score (nSPS) is 13.7. The van der Waals surface area contributed by atoms with Crippen LogP contribution in [0.3, 0.4) is 0 Å². The summed E-state index contributed by atoms with van der Waals surface area (Å²) in [5.74, 6) is -5.07. The smallest absolute Gasteiger partial charge is 0.326 e. The number of carboxylic acids is 2. The lowest BCUT2D eigenvalue weighted by Gasteiger charge is -2.25. The van der Waals surface area contributed by atoms with E-state index < -0.39 is 60.2 Å². The first-order valence-electron chi connectivity index (χ1n) is 14.4. The van der Waals surface area contributed by atoms with E-state index in [0.29, 0.717) is 31.4 Å². The molecule has 12 heteroatoms. The second-order valence-corrected chi connectivity index (χ2v) is 10.6. The van der Waals surface area contributed by atoms with Crippen LogP contribution in [0, 0.1) is 0 Å². The summed E-state index contributed by atoms with van der Waals surface area (Å²) in [7, 11) is 0. The zero-order chi connectivity index (χ0) is 32.1. The van der Waals surface area contributed by atoms with E-state index in [0.717, 1.165) is 16.3 Å². The summed E-state index contributed by atoms with van der Waals surface area (Å²) < 4.78 is 0. The fraction of sp³-hybridized carbons (Fsp3) is 0.344. The van der Waals surface area contributed by atoms with E-state index in [1.807, 2.05) is 42.5 Å². The maximum atomic E-state index is 13.8. The van der Waals surface area contributed by atoms with Crippen LogP contribution >= 0.6 is 0 Å². The molecule has 0 aromatic heterocycles. The molecule has 4 atom stereocenters. The van der Waals surface area contributed by atoms with Gasteiger partial charge in [0.15, 0.2) is 0 Å². The molecule has 3 rings (SSSR count). The van der Waals surface area contributed by atoms with Crippen molar-refractivity contribution in [2.45, 2.75) is 62.7 Å². The topological polar surface area (TPSA) is 214 Å². The van der Waals surface area contributed by atoms with E-state index in [1.165, 1.54) is 0 Å². The molecule has 0 radical (unpaired) electrons. The van der Waals surface area contributed by atoms with E-state index in [2.05, 4.69) is 16.0 Å². The van der Waals surface area contributed by atoms with E-state index in [1.54, 1.807) is 30.3 Å². The number of benzene rings is 3. The van der Waals surface area contributed by atoms with Crippen molar-refractivity contribution in [1.29, 1.82) is 0 Å². The third kappa shape index (κ3) is 10.5. The van der Waals surface area contributed by atoms with Crippen LogP contribution in [0.25, 0.3) is 10.8 Å². The quantitative estimate of drug-likeness (QED) is 0.110. The predicted octanol–water partition coefficient (Wildman–Crippen LogP) is 1.10. The Balaban J connectivity index is 1.87. The molecule has 0 heterocycles. The van der Waals surface area contributed by atoms with Crippen molar-refractivity contribution < 1.29 is 34.2 Å². The van der Waals surface area contributed by atoms with Crippen molar-refractivity contribution in [2.75, 3.05) is 6.54 Å². The number of amides is 3. The minimum atomic E-state index is -1.71. The molecule has 3 aromatic rings. The van der Waals surface area contributed by atoms with Crippen LogP contribution in [0.4, 0.5) is 0 Å². The zero-order valence-electron chi connectivity index (χ0n) is 24.3. The molecule has 0 aliphatic carbocycles. The van der Waals surface area contributed by atoms with E-state index in [-0.39, 0.29) is 12.8 Å². The molecule has 0 bridgehead atoms. The number of carbonyl (C=O) groups is 5. The van der Waals surface area contributed by atoms with Crippen LogP contribution in [0.2, 0.25) is 0 Å². The van der Waals surface area contributed by atoms with E-state index in [4.69, 9.17) is 16.6 Å². The molecule has 9 N–H and O–H groups in total. The Bertz CT molecular complexity index is 1450. The van der Waals surface area contributed by atoms with Crippen LogP contribution in [0.5, 0.6) is 0 Å². The summed E-state index contributed by atoms with van der Waals surface area (Å²) in [6.07, 6.45) is 0.897. The number of aliphatic carboxylic acids is 2. The molecule has 234 valence electrons. The molecule has 0 saturated carbocycles. The first-order chi connectivity index (χ1) is 21.1. The summed E-state index contributed by atoms with van der Waals surface area (Å²) in [6, 6.07) is 17.0. The highest BCUT2D eigenvalue weighted by Gasteiger charge is 2.31. The number of fused-ring (bicyclic) bond motifs is 1. The number of hydrogen-bond donors (Lipinski definition) is 7. The molecule has 12 nitrogen and oxygen atoms in total. The molecule has 0 aliphatic rings. The van der Waals surface area contributed by atoms with Gasteiger partial charge in [0.25, 0.3) is 0 Å². The zero-order valence-corrected chi connectivity index (χ0v) is 24.3. The second-order valence-electron chi connectivity index (χ2n) is 10.6. The highest BCUT2D eigenvalue weighted by Crippen LogP contribution is 2.17. The number of carboxylic acid groups (broad SMARTS) is 2. The lowest BCUT2D eigenvalue weighted by molar-refractivity contribution is -0.147. The predicted molar refractivity (Wildman–Crippen MR) is 164 cm³/mol. The monoisotopic (exact) mass is 605 g/mol. The standard InChI is InChI=1S/C32H39N5O7/c33-15-7-6-12-24(34)29(40)35-26(18-21-13-14-22-10-4-5-11-23(22)16-21)30(41)36-25(17-20-8-2-1-3-9-20)31(42)37-27(32(43)44)19-28(38)39/h1-5,8-11,13-14,16,24-27H,6-7,12,15,17-19,33-34H2,(H,35,40)(H,36,41)(H,37,42)(H,38,39)(H,43,44)/t24-,25+,26+,27+/m1/s1. The Kier molecular flexibility index (Phi) is 12.8. The molecule has 3 amide bonds. The minimum Gasteiger partial charge on any atom is -0.481 e. The highest BCUT2D eigenvalue weighted by atomic mass is 16.4. The third-order valence-corrected chi connectivity index (χ3v) is 7.10. The van der Waals surface area contributed by atoms with Crippen LogP contribution < -0.4 is 27.4 Å². The van der Waals surface area contributed by atoms with Crippen molar-refractivity contribution in [2.24, 2.45) is 11.5 Å². The Hall–Kier alpha value is -4.81. The summed E-state index contributed by atoms with van der Waals surface area (Å²) in [5.41, 5.74) is 13.1. The molecule has 0 spiro atoms. The average molecular weight is 606 g/mol. The summed E-state index contributed by atoms with van der Waals surface area (Å²) >= 11 is 0. The minimum absolute atomic E-state index is 0.0208. The Morgan fingerprint density at radius 3 is 1.84 bits per heavy atom. The summed E-state index contributed by atoms with van der Waals surface area (Å²) in [5, 5.41) is 28.1. The molecular weight excluding hydrogens is 566 g/mol. The first kappa shape index (κ1) is 33.7. The van der Waals surface area contributed by atoms with Gasteiger partial charge in [-0.05, 0) is 41.3 Å². The van der Waals surface area contributed by atoms with Gasteiger partial charge in [0, 0.05) is 12.8 Å². The van der Waals surface area contributed by atoms with Crippen LogP contribution in [-0.4, -0.2) is 70.6 Å². The molecular formula is C32H39N5O7. The van der Waals surface area contributed by atoms with Crippen molar-refractivity contribution in [1.82, 2.24) is 16.0 Å². The van der Waals surface area contributed by atoms with Gasteiger partial charge in [0.2, 0.25) is 17.7 Å². The van der Waals surface area contributed by atoms with Gasteiger partial charge in [-0.15, -0.1) is 0 Å². The molecule has 0 aliphatic heterocycles. The highest BCUT2D eigenvalue weighted by molar-refractivity contribution is 5.95. The lowest BCUT2D eigenvalue weighted by atomic mass is 9.99. The van der Waals surface area contributed by atoms with Crippen molar-refractivity contribution in [3.05, 3.63) is 83.9 Å². The van der Waals surface area contributed by atoms with Crippen LogP contribution in [0.1, 0.15) is 36.8 Å². The molecule has 3 aromatic carbocycles. The molecule has 0 fully saturated rings. The number of hydrogen-bond acceptors (Lipinski definition) is 7. The number of rotatable bonds is 17. The fourth-order valence-electron chi connectivity index (χ4n) is 4.71. The Labute approximate surface area is 255 Å². The van der Waals surface area contributed by atoms with E-state index in [9.17, 15) is 29.1 Å². The third-order valence-electron chi connectivity index (χ3n) is 7.10. The first-order valence-corrected chi connectivity index (χ1v) is 14.4. The molecule has 44 heavy (non-hydrogen) atoms. The largest absolute Gasteiger partial charge is 0.481 e. The maximum Gasteiger partial charge on any atom is 0.326 e. The summed E-state index contributed by atoms with van der Waals surface area (Å²) in [4.78, 5) is 62.9. The number of nitrogens with two attached hydrogens (primary N) is 2. The van der Waals surface area contributed by atoms with Gasteiger partial charge in [-0.2, -0.15) is 0 Å². The molecule has 0 unspecified atom stereocenters. The summed E-state index contributed by atoms with van der Waals surface area (Å²) in [6.45, 7) is 0.460. The Morgan fingerprint density at radius 1 is 0.659 bits per heavy atom. The van der Waals surface area contributed by atoms with Gasteiger partial charge in [0.1, 0.15) is 18.1 Å². The van der Waals surface area contributed by atoms with Gasteiger partial charge in [0.05, 0.1) is 12.5 Å². The van der Waals surface area contributed by atoms with Gasteiger partial charge in [-0.25, -0.2) is 4.79 Å². The van der Waals surface area contributed by atoms with Gasteiger partial charge in [-0.1, -0.05) is 79.2 Å². The van der Waals surface area contributed by atoms with Crippen molar-refractivity contribution in [3.63, 3.8) is 0 Å². The fourth-order valence-corrected chi connectivity index (χ4v) is 4.71. The number of unbranched alkanes of at least 4 members (excludes halogenated alkanes) is 1. The number of carbonyl (C=O) groups excluding carboxylic acids is 3. The van der Waals surface area contributed by atoms with E-state index >= 15 is 0 Å². The van der Waals surface area contributed by atoms with Crippen LogP contribution in [-0.2, 0) is 36.8 Å². The van der Waals surface area contributed by atoms with Crippen LogP contribution in [0.15, 0.2) is 72.8 Å². The number of nitrogens with one attached hydrogen (secondary N) is 3. The van der Waals surface area contributed by atoms with Crippen molar-refractivity contribution >= 4 is 40.4 Å². The second kappa shape index (κ2) is 16.7. The van der Waals surface area contributed by atoms with Gasteiger partial charge >= 0.3 is 11.9 Å².